The van der Waals surface area contributed by atoms with Crippen LogP contribution >= 0.6 is 0 Å². The normalized spacial score (nSPS) is 26.7. The van der Waals surface area contributed by atoms with E-state index in [1.165, 1.54) is 38.5 Å². The molecular weight excluding hydrogens is 290 g/mol. The quantitative estimate of drug-likeness (QED) is 0.370. The first-order valence-electron chi connectivity index (χ1n) is 9.83. The molecule has 1 aliphatic heterocycles. The van der Waals surface area contributed by atoms with Gasteiger partial charge in [-0.2, -0.15) is 0 Å². The molecule has 0 aromatic heterocycles. The van der Waals surface area contributed by atoms with E-state index in [0.717, 1.165) is 32.1 Å². The standard InChI is InChI=1S/C19H39NO3/c1-3-15(2)18(22)13-11-9-7-5-4-6-8-10-12-16-19(23)17(14-21)20-16/h15-23H,3-14H2,1-2H3/t15?,16-,17-,18?,19+/m0/s1. The van der Waals surface area contributed by atoms with Gasteiger partial charge in [0.25, 0.3) is 0 Å². The Hall–Kier alpha value is -0.160. The van der Waals surface area contributed by atoms with Crippen molar-refractivity contribution < 1.29 is 15.3 Å². The number of hydrogen-bond donors (Lipinski definition) is 4. The molecule has 4 heteroatoms. The lowest BCUT2D eigenvalue weighted by Crippen LogP contribution is -2.66. The first-order chi connectivity index (χ1) is 11.1. The van der Waals surface area contributed by atoms with Gasteiger partial charge in [0.05, 0.1) is 24.9 Å². The van der Waals surface area contributed by atoms with Crippen LogP contribution in [0, 0.1) is 5.92 Å². The van der Waals surface area contributed by atoms with E-state index in [1.54, 1.807) is 0 Å². The van der Waals surface area contributed by atoms with Gasteiger partial charge in [0.1, 0.15) is 0 Å². The van der Waals surface area contributed by atoms with Crippen molar-refractivity contribution in [3.63, 3.8) is 0 Å². The van der Waals surface area contributed by atoms with Crippen LogP contribution in [0.3, 0.4) is 0 Å². The first kappa shape index (κ1) is 20.9. The zero-order valence-electron chi connectivity index (χ0n) is 15.2. The van der Waals surface area contributed by atoms with Crippen molar-refractivity contribution in [2.75, 3.05) is 6.61 Å². The molecule has 0 aromatic carbocycles. The predicted octanol–water partition coefficient (Wildman–Crippen LogP) is 2.99. The summed E-state index contributed by atoms with van der Waals surface area (Å²) in [6.07, 6.45) is 12.5. The summed E-state index contributed by atoms with van der Waals surface area (Å²) in [5.41, 5.74) is 0. The monoisotopic (exact) mass is 329 g/mol. The SMILES string of the molecule is CCC(C)C(O)CCCCCCCCCC[C@@H]1N[C@@H](CO)[C@@H]1O. The van der Waals surface area contributed by atoms with Crippen molar-refractivity contribution >= 4 is 0 Å². The zero-order chi connectivity index (χ0) is 17.1. The Bertz CT molecular complexity index is 288. The highest BCUT2D eigenvalue weighted by molar-refractivity contribution is 4.97. The molecular formula is C19H39NO3. The minimum absolute atomic E-state index is 0.0338. The number of rotatable bonds is 14. The molecule has 0 radical (unpaired) electrons. The Balaban J connectivity index is 1.80. The lowest BCUT2D eigenvalue weighted by molar-refractivity contribution is -0.0192. The van der Waals surface area contributed by atoms with Crippen molar-refractivity contribution in [3.05, 3.63) is 0 Å². The highest BCUT2D eigenvalue weighted by atomic mass is 16.3. The summed E-state index contributed by atoms with van der Waals surface area (Å²) >= 11 is 0. The molecule has 2 unspecified atom stereocenters. The second-order valence-electron chi connectivity index (χ2n) is 7.41. The van der Waals surface area contributed by atoms with Crippen LogP contribution in [0.1, 0.15) is 84.5 Å². The van der Waals surface area contributed by atoms with E-state index in [9.17, 15) is 10.2 Å². The lowest BCUT2D eigenvalue weighted by atomic mass is 9.89. The van der Waals surface area contributed by atoms with Gasteiger partial charge in [-0.1, -0.05) is 71.6 Å². The number of hydrogen-bond acceptors (Lipinski definition) is 4. The second kappa shape index (κ2) is 12.2. The predicted molar refractivity (Wildman–Crippen MR) is 95.4 cm³/mol. The molecule has 0 spiro atoms. The molecule has 1 fully saturated rings. The Morgan fingerprint density at radius 2 is 1.48 bits per heavy atom. The summed E-state index contributed by atoms with van der Waals surface area (Å²) in [4.78, 5) is 0. The van der Waals surface area contributed by atoms with E-state index in [4.69, 9.17) is 5.11 Å². The van der Waals surface area contributed by atoms with Crippen LogP contribution in [0.2, 0.25) is 0 Å². The maximum Gasteiger partial charge on any atom is 0.0868 e. The van der Waals surface area contributed by atoms with Crippen LogP contribution in [-0.4, -0.2) is 46.2 Å². The maximum absolute atomic E-state index is 9.90. The molecule has 0 bridgehead atoms. The average molecular weight is 330 g/mol. The molecule has 1 heterocycles. The molecule has 5 atom stereocenters. The third kappa shape index (κ3) is 7.97. The van der Waals surface area contributed by atoms with Gasteiger partial charge in [0.2, 0.25) is 0 Å². The Labute approximate surface area is 142 Å². The molecule has 23 heavy (non-hydrogen) atoms. The highest BCUT2D eigenvalue weighted by Crippen LogP contribution is 2.19. The Morgan fingerprint density at radius 1 is 0.913 bits per heavy atom. The fraction of sp³-hybridized carbons (Fsp3) is 1.00. The smallest absolute Gasteiger partial charge is 0.0868 e. The second-order valence-corrected chi connectivity index (χ2v) is 7.41. The van der Waals surface area contributed by atoms with E-state index in [0.29, 0.717) is 5.92 Å². The largest absolute Gasteiger partial charge is 0.395 e. The lowest BCUT2D eigenvalue weighted by Gasteiger charge is -2.42. The van der Waals surface area contributed by atoms with Crippen molar-refractivity contribution in [1.29, 1.82) is 0 Å². The van der Waals surface area contributed by atoms with Crippen LogP contribution in [0.4, 0.5) is 0 Å². The fourth-order valence-corrected chi connectivity index (χ4v) is 3.38. The minimum atomic E-state index is -0.356. The average Bonchev–Trinajstić information content (AvgIpc) is 2.56. The zero-order valence-corrected chi connectivity index (χ0v) is 15.2. The van der Waals surface area contributed by atoms with Crippen molar-refractivity contribution in [1.82, 2.24) is 5.32 Å². The summed E-state index contributed by atoms with van der Waals surface area (Å²) in [6.45, 7) is 4.30. The van der Waals surface area contributed by atoms with Gasteiger partial charge in [-0.05, 0) is 18.8 Å². The van der Waals surface area contributed by atoms with Crippen LogP contribution in [0.5, 0.6) is 0 Å². The molecule has 0 aliphatic carbocycles. The van der Waals surface area contributed by atoms with Crippen LogP contribution < -0.4 is 5.32 Å². The summed E-state index contributed by atoms with van der Waals surface area (Å²) in [5.74, 6) is 0.436. The van der Waals surface area contributed by atoms with E-state index in [-0.39, 0.29) is 30.9 Å². The van der Waals surface area contributed by atoms with E-state index in [2.05, 4.69) is 19.2 Å². The topological polar surface area (TPSA) is 72.7 Å². The molecule has 138 valence electrons. The molecule has 1 rings (SSSR count). The van der Waals surface area contributed by atoms with Gasteiger partial charge >= 0.3 is 0 Å². The van der Waals surface area contributed by atoms with Gasteiger partial charge in [0, 0.05) is 6.04 Å². The van der Waals surface area contributed by atoms with Crippen molar-refractivity contribution in [3.8, 4) is 0 Å². The molecule has 1 aliphatic rings. The number of aliphatic hydroxyl groups excluding tert-OH is 3. The molecule has 4 N–H and O–H groups in total. The fourth-order valence-electron chi connectivity index (χ4n) is 3.38. The van der Waals surface area contributed by atoms with Gasteiger partial charge in [-0.15, -0.1) is 0 Å². The summed E-state index contributed by atoms with van der Waals surface area (Å²) in [7, 11) is 0. The summed E-state index contributed by atoms with van der Waals surface area (Å²) < 4.78 is 0. The van der Waals surface area contributed by atoms with Crippen LogP contribution in [0.25, 0.3) is 0 Å². The van der Waals surface area contributed by atoms with E-state index >= 15 is 0 Å². The van der Waals surface area contributed by atoms with E-state index in [1.807, 2.05) is 0 Å². The summed E-state index contributed by atoms with van der Waals surface area (Å²) in [6, 6.07) is 0.0999. The van der Waals surface area contributed by atoms with Gasteiger partial charge < -0.3 is 20.6 Å². The molecule has 4 nitrogen and oxygen atoms in total. The Kier molecular flexibility index (Phi) is 11.1. The molecule has 1 saturated heterocycles. The molecule has 0 aromatic rings. The van der Waals surface area contributed by atoms with Crippen molar-refractivity contribution in [2.24, 2.45) is 5.92 Å². The number of nitrogens with one attached hydrogen (secondary N) is 1. The highest BCUT2D eigenvalue weighted by Gasteiger charge is 2.37. The summed E-state index contributed by atoms with van der Waals surface area (Å²) in [5, 5.41) is 31.8. The number of unbranched alkanes of at least 4 members (excludes halogenated alkanes) is 7. The maximum atomic E-state index is 9.90. The van der Waals surface area contributed by atoms with Gasteiger partial charge in [-0.3, -0.25) is 0 Å². The Morgan fingerprint density at radius 3 is 2.00 bits per heavy atom. The first-order valence-corrected chi connectivity index (χ1v) is 9.83. The third-order valence-electron chi connectivity index (χ3n) is 5.52. The van der Waals surface area contributed by atoms with Crippen LogP contribution in [0.15, 0.2) is 0 Å². The van der Waals surface area contributed by atoms with E-state index < -0.39 is 0 Å². The van der Waals surface area contributed by atoms with Crippen molar-refractivity contribution in [2.45, 2.75) is 109 Å². The van der Waals surface area contributed by atoms with Crippen LogP contribution in [-0.2, 0) is 0 Å². The molecule has 0 amide bonds. The molecule has 0 saturated carbocycles. The van der Waals surface area contributed by atoms with Gasteiger partial charge in [0.15, 0.2) is 0 Å². The number of aliphatic hydroxyl groups is 3. The third-order valence-corrected chi connectivity index (χ3v) is 5.52. The van der Waals surface area contributed by atoms with Gasteiger partial charge in [-0.25, -0.2) is 0 Å². The minimum Gasteiger partial charge on any atom is -0.395 e.